The van der Waals surface area contributed by atoms with E-state index >= 15 is 0 Å². The second kappa shape index (κ2) is 12.3. The van der Waals surface area contributed by atoms with Crippen molar-refractivity contribution in [2.45, 2.75) is 45.6 Å². The van der Waals surface area contributed by atoms with Crippen molar-refractivity contribution in [1.82, 2.24) is 10.2 Å². The fourth-order valence-corrected chi connectivity index (χ4v) is 3.04. The zero-order chi connectivity index (χ0) is 23.6. The van der Waals surface area contributed by atoms with Crippen LogP contribution in [0.4, 0.5) is 0 Å². The fourth-order valence-electron chi connectivity index (χ4n) is 3.04. The predicted molar refractivity (Wildman–Crippen MR) is 116 cm³/mol. The van der Waals surface area contributed by atoms with Gasteiger partial charge in [0.2, 0.25) is 5.91 Å². The molecule has 0 radical (unpaired) electrons. The Balaban J connectivity index is 1.46. The molecule has 3 amide bonds. The molecule has 0 aromatic heterocycles. The molecule has 1 aromatic rings. The number of nitrogens with one attached hydrogen (secondary N) is 1. The molecule has 0 bridgehead atoms. The highest BCUT2D eigenvalue weighted by atomic mass is 16.6. The molecule has 0 fully saturated rings. The summed E-state index contributed by atoms with van der Waals surface area (Å²) in [5, 5.41) is 2.69. The molecule has 0 spiro atoms. The summed E-state index contributed by atoms with van der Waals surface area (Å²) in [5.41, 5.74) is 0.271. The van der Waals surface area contributed by atoms with E-state index in [1.807, 2.05) is 20.8 Å². The van der Waals surface area contributed by atoms with Gasteiger partial charge in [-0.05, 0) is 39.3 Å². The van der Waals surface area contributed by atoms with Crippen LogP contribution in [0.2, 0.25) is 0 Å². The zero-order valence-corrected chi connectivity index (χ0v) is 19.0. The van der Waals surface area contributed by atoms with Crippen LogP contribution in [-0.4, -0.2) is 73.7 Å². The molecule has 176 valence electrons. The third-order valence-electron chi connectivity index (χ3n) is 4.47. The van der Waals surface area contributed by atoms with E-state index in [1.165, 1.54) is 0 Å². The van der Waals surface area contributed by atoms with Gasteiger partial charge in [-0.2, -0.15) is 0 Å². The van der Waals surface area contributed by atoms with Gasteiger partial charge in [0.1, 0.15) is 5.60 Å². The third kappa shape index (κ3) is 8.39. The molecular weight excluding hydrogens is 416 g/mol. The van der Waals surface area contributed by atoms with Crippen LogP contribution in [0.3, 0.4) is 0 Å². The minimum Gasteiger partial charge on any atom is -0.460 e. The molecule has 1 N–H and O–H groups in total. The van der Waals surface area contributed by atoms with Crippen LogP contribution < -0.4 is 5.32 Å². The Morgan fingerprint density at radius 2 is 1.50 bits per heavy atom. The summed E-state index contributed by atoms with van der Waals surface area (Å²) in [5.74, 6) is -1.24. The minimum atomic E-state index is -0.476. The number of hydrogen-bond donors (Lipinski definition) is 1. The zero-order valence-electron chi connectivity index (χ0n) is 19.0. The van der Waals surface area contributed by atoms with Gasteiger partial charge in [0.05, 0.1) is 30.9 Å². The van der Waals surface area contributed by atoms with E-state index in [0.29, 0.717) is 56.9 Å². The van der Waals surface area contributed by atoms with Gasteiger partial charge in [-0.25, -0.2) is 0 Å². The standard InChI is InChI=1S/C23H32N2O7/c1-23(2,3)32-20(27)9-6-13-30-15-16-31-14-11-24-19(26)10-12-25-21(28)17-7-4-5-8-18(17)22(25)29/h4-5,7-8H,6,9-16H2,1-3H3,(H,24,26). The highest BCUT2D eigenvalue weighted by molar-refractivity contribution is 6.21. The maximum Gasteiger partial charge on any atom is 0.306 e. The second-order valence-corrected chi connectivity index (χ2v) is 8.32. The normalized spacial score (nSPS) is 13.3. The van der Waals surface area contributed by atoms with E-state index in [0.717, 1.165) is 4.90 Å². The number of carbonyl (C=O) groups excluding carboxylic acids is 4. The van der Waals surface area contributed by atoms with E-state index < -0.39 is 5.60 Å². The fraction of sp³-hybridized carbons (Fsp3) is 0.565. The van der Waals surface area contributed by atoms with Gasteiger partial charge in [0.25, 0.3) is 11.8 Å². The molecule has 0 saturated heterocycles. The lowest BCUT2D eigenvalue weighted by molar-refractivity contribution is -0.155. The van der Waals surface area contributed by atoms with Crippen molar-refractivity contribution in [3.05, 3.63) is 35.4 Å². The van der Waals surface area contributed by atoms with Crippen LogP contribution in [0, 0.1) is 0 Å². The predicted octanol–water partition coefficient (Wildman–Crippen LogP) is 1.94. The Morgan fingerprint density at radius 1 is 0.906 bits per heavy atom. The number of fused-ring (bicyclic) bond motifs is 1. The summed E-state index contributed by atoms with van der Waals surface area (Å²) in [6, 6.07) is 6.63. The van der Waals surface area contributed by atoms with Crippen molar-refractivity contribution in [1.29, 1.82) is 0 Å². The van der Waals surface area contributed by atoms with Crippen molar-refractivity contribution in [3.63, 3.8) is 0 Å². The molecule has 1 aliphatic rings. The highest BCUT2D eigenvalue weighted by Gasteiger charge is 2.34. The van der Waals surface area contributed by atoms with Gasteiger partial charge in [-0.15, -0.1) is 0 Å². The van der Waals surface area contributed by atoms with E-state index in [1.54, 1.807) is 24.3 Å². The smallest absolute Gasteiger partial charge is 0.306 e. The number of imide groups is 1. The van der Waals surface area contributed by atoms with Gasteiger partial charge in [-0.3, -0.25) is 24.1 Å². The summed E-state index contributed by atoms with van der Waals surface area (Å²) in [4.78, 5) is 49.1. The van der Waals surface area contributed by atoms with Crippen LogP contribution >= 0.6 is 0 Å². The Morgan fingerprint density at radius 3 is 2.09 bits per heavy atom. The van der Waals surface area contributed by atoms with Crippen molar-refractivity contribution >= 4 is 23.7 Å². The number of ether oxygens (including phenoxy) is 3. The van der Waals surface area contributed by atoms with Crippen LogP contribution in [0.1, 0.15) is 60.7 Å². The number of hydrogen-bond acceptors (Lipinski definition) is 7. The first-order chi connectivity index (χ1) is 15.2. The molecule has 32 heavy (non-hydrogen) atoms. The first kappa shape index (κ1) is 25.5. The van der Waals surface area contributed by atoms with E-state index in [4.69, 9.17) is 14.2 Å². The van der Waals surface area contributed by atoms with Gasteiger partial charge in [0, 0.05) is 32.5 Å². The molecule has 0 aliphatic carbocycles. The first-order valence-corrected chi connectivity index (χ1v) is 10.8. The molecule has 1 aromatic carbocycles. The van der Waals surface area contributed by atoms with Gasteiger partial charge in [-0.1, -0.05) is 12.1 Å². The molecule has 1 heterocycles. The first-order valence-electron chi connectivity index (χ1n) is 10.8. The average molecular weight is 449 g/mol. The largest absolute Gasteiger partial charge is 0.460 e. The van der Waals surface area contributed by atoms with E-state index in [-0.39, 0.29) is 36.7 Å². The maximum absolute atomic E-state index is 12.3. The Labute approximate surface area is 188 Å². The molecule has 0 atom stereocenters. The van der Waals surface area contributed by atoms with Gasteiger partial charge < -0.3 is 19.5 Å². The SMILES string of the molecule is CC(C)(C)OC(=O)CCCOCCOCCNC(=O)CCN1C(=O)c2ccccc2C1=O. The van der Waals surface area contributed by atoms with Crippen LogP contribution in [-0.2, 0) is 23.8 Å². The summed E-state index contributed by atoms with van der Waals surface area (Å²) in [6.45, 7) is 7.37. The molecule has 0 unspecified atom stereocenters. The quantitative estimate of drug-likeness (QED) is 0.279. The van der Waals surface area contributed by atoms with Crippen molar-refractivity contribution in [3.8, 4) is 0 Å². The number of amides is 3. The summed E-state index contributed by atoms with van der Waals surface area (Å²) < 4.78 is 16.0. The number of nitrogens with zero attached hydrogens (tertiary/aromatic N) is 1. The number of rotatable bonds is 13. The highest BCUT2D eigenvalue weighted by Crippen LogP contribution is 2.22. The molecular formula is C23H32N2O7. The number of esters is 1. The van der Waals surface area contributed by atoms with Gasteiger partial charge >= 0.3 is 5.97 Å². The van der Waals surface area contributed by atoms with Crippen LogP contribution in [0.5, 0.6) is 0 Å². The Kier molecular flexibility index (Phi) is 9.80. The summed E-state index contributed by atoms with van der Waals surface area (Å²) in [6.07, 6.45) is 0.926. The molecule has 2 rings (SSSR count). The summed E-state index contributed by atoms with van der Waals surface area (Å²) >= 11 is 0. The molecule has 9 nitrogen and oxygen atoms in total. The van der Waals surface area contributed by atoms with Crippen molar-refractivity contribution in [2.75, 3.05) is 39.5 Å². The van der Waals surface area contributed by atoms with E-state index in [9.17, 15) is 19.2 Å². The Bertz CT molecular complexity index is 782. The monoisotopic (exact) mass is 448 g/mol. The van der Waals surface area contributed by atoms with Crippen LogP contribution in [0.25, 0.3) is 0 Å². The lowest BCUT2D eigenvalue weighted by Crippen LogP contribution is -2.35. The minimum absolute atomic E-state index is 0.0340. The second-order valence-electron chi connectivity index (χ2n) is 8.32. The van der Waals surface area contributed by atoms with Gasteiger partial charge in [0.15, 0.2) is 0 Å². The van der Waals surface area contributed by atoms with Crippen molar-refractivity contribution in [2.24, 2.45) is 0 Å². The average Bonchev–Trinajstić information content (AvgIpc) is 2.97. The summed E-state index contributed by atoms with van der Waals surface area (Å²) in [7, 11) is 0. The lowest BCUT2D eigenvalue weighted by Gasteiger charge is -2.19. The molecule has 9 heteroatoms. The number of carbonyl (C=O) groups is 4. The topological polar surface area (TPSA) is 111 Å². The van der Waals surface area contributed by atoms with Crippen molar-refractivity contribution < 1.29 is 33.4 Å². The maximum atomic E-state index is 12.3. The van der Waals surface area contributed by atoms with Crippen LogP contribution in [0.15, 0.2) is 24.3 Å². The molecule has 0 saturated carbocycles. The lowest BCUT2D eigenvalue weighted by atomic mass is 10.1. The third-order valence-corrected chi connectivity index (χ3v) is 4.47. The van der Waals surface area contributed by atoms with E-state index in [2.05, 4.69) is 5.32 Å². The number of benzene rings is 1. The molecule has 1 aliphatic heterocycles. The Hall–Kier alpha value is -2.78.